The van der Waals surface area contributed by atoms with Crippen molar-refractivity contribution >= 4 is 11.8 Å². The van der Waals surface area contributed by atoms with Crippen LogP contribution >= 0.6 is 11.8 Å². The number of hydrogen-bond acceptors (Lipinski definition) is 4. The molecule has 1 fully saturated rings. The van der Waals surface area contributed by atoms with Gasteiger partial charge in [-0.3, -0.25) is 0 Å². The summed E-state index contributed by atoms with van der Waals surface area (Å²) < 4.78 is 0. The van der Waals surface area contributed by atoms with Crippen molar-refractivity contribution in [1.82, 2.24) is 15.3 Å². The highest BCUT2D eigenvalue weighted by atomic mass is 32.2. The summed E-state index contributed by atoms with van der Waals surface area (Å²) in [6.45, 7) is 9.67. The molecule has 1 aliphatic rings. The Kier molecular flexibility index (Phi) is 4.62. The van der Waals surface area contributed by atoms with Crippen molar-refractivity contribution in [2.75, 3.05) is 6.54 Å². The van der Waals surface area contributed by atoms with Gasteiger partial charge in [-0.15, -0.1) is 0 Å². The quantitative estimate of drug-likeness (QED) is 0.849. The third-order valence-corrected chi connectivity index (χ3v) is 5.03. The number of hydrogen-bond donors (Lipinski definition) is 1. The van der Waals surface area contributed by atoms with Gasteiger partial charge in [-0.2, -0.15) is 0 Å². The van der Waals surface area contributed by atoms with Gasteiger partial charge in [0.15, 0.2) is 5.16 Å². The van der Waals surface area contributed by atoms with E-state index in [0.29, 0.717) is 17.2 Å². The van der Waals surface area contributed by atoms with E-state index in [-0.39, 0.29) is 0 Å². The molecule has 0 amide bonds. The van der Waals surface area contributed by atoms with Crippen LogP contribution in [0.3, 0.4) is 0 Å². The molecule has 1 N–H and O–H groups in total. The summed E-state index contributed by atoms with van der Waals surface area (Å²) in [4.78, 5) is 9.07. The molecule has 0 saturated heterocycles. The minimum Gasteiger partial charge on any atom is -0.314 e. The second-order valence-corrected chi connectivity index (χ2v) is 6.40. The molecule has 1 saturated carbocycles. The highest BCUT2D eigenvalue weighted by molar-refractivity contribution is 7.99. The van der Waals surface area contributed by atoms with Crippen LogP contribution in [0.15, 0.2) is 11.2 Å². The summed E-state index contributed by atoms with van der Waals surface area (Å²) in [5.74, 6) is 0.694. The maximum atomic E-state index is 4.53. The van der Waals surface area contributed by atoms with Crippen molar-refractivity contribution in [3.05, 3.63) is 17.5 Å². The fourth-order valence-corrected chi connectivity index (χ4v) is 4.05. The van der Waals surface area contributed by atoms with E-state index in [9.17, 15) is 0 Å². The van der Waals surface area contributed by atoms with Crippen molar-refractivity contribution in [2.45, 2.75) is 57.0 Å². The summed E-state index contributed by atoms with van der Waals surface area (Å²) in [6.07, 6.45) is 2.54. The normalized spacial score (nSPS) is 27.7. The van der Waals surface area contributed by atoms with Gasteiger partial charge in [0.2, 0.25) is 0 Å². The lowest BCUT2D eigenvalue weighted by atomic mass is 10.1. The maximum Gasteiger partial charge on any atom is 0.188 e. The molecule has 100 valence electrons. The number of nitrogens with zero attached hydrogens (tertiary/aromatic N) is 2. The SMILES string of the molecule is CCNC1CCC(Sc2nc(C)cc(C)n2)C1C. The van der Waals surface area contributed by atoms with Gasteiger partial charge in [-0.1, -0.05) is 25.6 Å². The largest absolute Gasteiger partial charge is 0.314 e. The first-order chi connectivity index (χ1) is 8.60. The van der Waals surface area contributed by atoms with Crippen molar-refractivity contribution in [3.8, 4) is 0 Å². The van der Waals surface area contributed by atoms with E-state index < -0.39 is 0 Å². The molecule has 3 unspecified atom stereocenters. The first kappa shape index (κ1) is 13.8. The Labute approximate surface area is 114 Å². The molecule has 2 rings (SSSR count). The van der Waals surface area contributed by atoms with Crippen LogP contribution in [-0.2, 0) is 0 Å². The van der Waals surface area contributed by atoms with Gasteiger partial charge in [0, 0.05) is 22.7 Å². The van der Waals surface area contributed by atoms with Crippen LogP contribution < -0.4 is 5.32 Å². The van der Waals surface area contributed by atoms with Gasteiger partial charge >= 0.3 is 0 Å². The monoisotopic (exact) mass is 265 g/mol. The van der Waals surface area contributed by atoms with Crippen LogP contribution in [0.25, 0.3) is 0 Å². The predicted molar refractivity (Wildman–Crippen MR) is 77.0 cm³/mol. The highest BCUT2D eigenvalue weighted by Crippen LogP contribution is 2.37. The van der Waals surface area contributed by atoms with Gasteiger partial charge < -0.3 is 5.32 Å². The molecule has 4 heteroatoms. The van der Waals surface area contributed by atoms with Crippen LogP contribution in [0, 0.1) is 19.8 Å². The van der Waals surface area contributed by atoms with E-state index in [4.69, 9.17) is 0 Å². The minimum atomic E-state index is 0.648. The van der Waals surface area contributed by atoms with E-state index in [0.717, 1.165) is 23.1 Å². The van der Waals surface area contributed by atoms with Crippen LogP contribution in [0.2, 0.25) is 0 Å². The summed E-state index contributed by atoms with van der Waals surface area (Å²) in [7, 11) is 0. The number of rotatable bonds is 4. The Morgan fingerprint density at radius 1 is 1.28 bits per heavy atom. The third kappa shape index (κ3) is 3.23. The minimum absolute atomic E-state index is 0.648. The first-order valence-electron chi connectivity index (χ1n) is 6.82. The Hall–Kier alpha value is -0.610. The van der Waals surface area contributed by atoms with E-state index >= 15 is 0 Å². The zero-order chi connectivity index (χ0) is 13.1. The molecule has 1 heterocycles. The fraction of sp³-hybridized carbons (Fsp3) is 0.714. The van der Waals surface area contributed by atoms with Crippen molar-refractivity contribution < 1.29 is 0 Å². The molecular formula is C14H23N3S. The summed E-state index contributed by atoms with van der Waals surface area (Å²) >= 11 is 1.86. The van der Waals surface area contributed by atoms with Crippen molar-refractivity contribution in [3.63, 3.8) is 0 Å². The zero-order valence-corrected chi connectivity index (χ0v) is 12.5. The lowest BCUT2D eigenvalue weighted by molar-refractivity contribution is 0.441. The van der Waals surface area contributed by atoms with E-state index in [1.807, 2.05) is 31.7 Å². The third-order valence-electron chi connectivity index (χ3n) is 3.67. The maximum absolute atomic E-state index is 4.53. The van der Waals surface area contributed by atoms with Gasteiger partial charge in [-0.05, 0) is 45.2 Å². The molecule has 0 aromatic carbocycles. The number of aromatic nitrogens is 2. The molecule has 1 aliphatic carbocycles. The molecule has 1 aromatic rings. The smallest absolute Gasteiger partial charge is 0.188 e. The summed E-state index contributed by atoms with van der Waals surface area (Å²) in [5, 5.41) is 5.17. The van der Waals surface area contributed by atoms with Gasteiger partial charge in [-0.25, -0.2) is 9.97 Å². The number of aryl methyl sites for hydroxylation is 2. The Bertz CT molecular complexity index is 388. The Morgan fingerprint density at radius 2 is 1.94 bits per heavy atom. The molecule has 18 heavy (non-hydrogen) atoms. The zero-order valence-electron chi connectivity index (χ0n) is 11.7. The first-order valence-corrected chi connectivity index (χ1v) is 7.70. The second kappa shape index (κ2) is 6.02. The Morgan fingerprint density at radius 3 is 2.56 bits per heavy atom. The topological polar surface area (TPSA) is 37.8 Å². The fourth-order valence-electron chi connectivity index (χ4n) is 2.73. The average Bonchev–Trinajstić information content (AvgIpc) is 2.61. The van der Waals surface area contributed by atoms with Gasteiger partial charge in [0.1, 0.15) is 0 Å². The standard InChI is InChI=1S/C14H23N3S/c1-5-15-12-6-7-13(11(12)4)18-14-16-9(2)8-10(3)17-14/h8,11-13,15H,5-7H2,1-4H3. The molecule has 0 radical (unpaired) electrons. The molecule has 3 atom stereocenters. The van der Waals surface area contributed by atoms with Crippen LogP contribution in [-0.4, -0.2) is 27.8 Å². The molecule has 0 aliphatic heterocycles. The Balaban J connectivity index is 2.01. The molecule has 1 aromatic heterocycles. The lowest BCUT2D eigenvalue weighted by Gasteiger charge is -2.20. The number of nitrogens with one attached hydrogen (secondary N) is 1. The highest BCUT2D eigenvalue weighted by Gasteiger charge is 2.33. The van der Waals surface area contributed by atoms with E-state index in [1.165, 1.54) is 12.8 Å². The lowest BCUT2D eigenvalue weighted by Crippen LogP contribution is -2.33. The number of thioether (sulfide) groups is 1. The van der Waals surface area contributed by atoms with Crippen LogP contribution in [0.4, 0.5) is 0 Å². The van der Waals surface area contributed by atoms with Crippen LogP contribution in [0.5, 0.6) is 0 Å². The summed E-state index contributed by atoms with van der Waals surface area (Å²) in [5.41, 5.74) is 2.14. The van der Waals surface area contributed by atoms with E-state index in [1.54, 1.807) is 0 Å². The van der Waals surface area contributed by atoms with E-state index in [2.05, 4.69) is 29.1 Å². The molecular weight excluding hydrogens is 242 g/mol. The summed E-state index contributed by atoms with van der Waals surface area (Å²) in [6, 6.07) is 2.70. The molecule has 0 bridgehead atoms. The van der Waals surface area contributed by atoms with Crippen molar-refractivity contribution in [2.24, 2.45) is 5.92 Å². The molecule has 0 spiro atoms. The molecule has 3 nitrogen and oxygen atoms in total. The van der Waals surface area contributed by atoms with Gasteiger partial charge in [0.25, 0.3) is 0 Å². The predicted octanol–water partition coefficient (Wildman–Crippen LogP) is 2.96. The average molecular weight is 265 g/mol. The van der Waals surface area contributed by atoms with Crippen LogP contribution in [0.1, 0.15) is 38.1 Å². The van der Waals surface area contributed by atoms with Gasteiger partial charge in [0.05, 0.1) is 0 Å². The van der Waals surface area contributed by atoms with Crippen molar-refractivity contribution in [1.29, 1.82) is 0 Å². The second-order valence-electron chi connectivity index (χ2n) is 5.19.